The molecule has 0 aliphatic carbocycles. The fourth-order valence-corrected chi connectivity index (χ4v) is 4.98. The van der Waals surface area contributed by atoms with Gasteiger partial charge in [0.15, 0.2) is 11.6 Å². The molecule has 0 bridgehead atoms. The van der Waals surface area contributed by atoms with Crippen LogP contribution in [0.15, 0.2) is 58.3 Å². The molecule has 2 aromatic carbocycles. The van der Waals surface area contributed by atoms with Crippen LogP contribution in [0.1, 0.15) is 30.4 Å². The quantitative estimate of drug-likeness (QED) is 0.353. The van der Waals surface area contributed by atoms with E-state index in [1.807, 2.05) is 32.9 Å². The van der Waals surface area contributed by atoms with Gasteiger partial charge in [0.25, 0.3) is 21.5 Å². The Morgan fingerprint density at radius 2 is 1.71 bits per heavy atom. The van der Waals surface area contributed by atoms with Gasteiger partial charge in [0.05, 0.1) is 11.8 Å². The summed E-state index contributed by atoms with van der Waals surface area (Å²) >= 11 is 0. The fraction of sp³-hybridized carbons (Fsp3) is 0.261. The Labute approximate surface area is 203 Å². The fourth-order valence-electron chi connectivity index (χ4n) is 3.79. The molecule has 0 amide bonds. The summed E-state index contributed by atoms with van der Waals surface area (Å²) in [7, 11) is -8.75. The van der Waals surface area contributed by atoms with Crippen molar-refractivity contribution in [3.63, 3.8) is 0 Å². The monoisotopic (exact) mass is 521 g/mol. The first kappa shape index (κ1) is 24.9. The summed E-state index contributed by atoms with van der Waals surface area (Å²) in [5.74, 6) is -0.645. The van der Waals surface area contributed by atoms with Crippen molar-refractivity contribution in [2.45, 2.75) is 33.1 Å². The van der Waals surface area contributed by atoms with Crippen molar-refractivity contribution in [3.8, 4) is 5.75 Å². The van der Waals surface area contributed by atoms with E-state index in [2.05, 4.69) is 0 Å². The van der Waals surface area contributed by atoms with Gasteiger partial charge >= 0.3 is 16.0 Å². The first-order valence-electron chi connectivity index (χ1n) is 10.6. The van der Waals surface area contributed by atoms with Gasteiger partial charge in [-0.15, -0.1) is 4.57 Å². The predicted molar refractivity (Wildman–Crippen MR) is 130 cm³/mol. The number of oxazole rings is 1. The highest BCUT2D eigenvalue weighted by molar-refractivity contribution is 7.85. The van der Waals surface area contributed by atoms with E-state index >= 15 is 0 Å². The Morgan fingerprint density at radius 1 is 1.03 bits per heavy atom. The summed E-state index contributed by atoms with van der Waals surface area (Å²) in [6.45, 7) is 5.55. The topological polar surface area (TPSA) is 138 Å². The molecule has 3 aromatic rings. The average molecular weight is 522 g/mol. The number of hydrogen-bond acceptors (Lipinski definition) is 7. The minimum Gasteiger partial charge on any atom is -0.439 e. The third-order valence-electron chi connectivity index (χ3n) is 5.38. The molecule has 0 spiro atoms. The molecule has 10 nitrogen and oxygen atoms in total. The van der Waals surface area contributed by atoms with Crippen LogP contribution in [-0.2, 0) is 26.1 Å². The van der Waals surface area contributed by atoms with Crippen molar-refractivity contribution < 1.29 is 39.7 Å². The number of fused-ring (bicyclic) bond motifs is 2. The molecule has 0 unspecified atom stereocenters. The highest BCUT2D eigenvalue weighted by Gasteiger charge is 2.31. The first-order valence-corrected chi connectivity index (χ1v) is 13.9. The van der Waals surface area contributed by atoms with E-state index in [1.165, 1.54) is 9.47 Å². The lowest BCUT2D eigenvalue weighted by Gasteiger charge is -2.16. The van der Waals surface area contributed by atoms with E-state index in [0.29, 0.717) is 34.5 Å². The number of benzene rings is 2. The van der Waals surface area contributed by atoms with Crippen LogP contribution in [0.4, 0.5) is 5.69 Å². The standard InChI is InChI=1S/C23H24N2O8S2/c1-4-17(11-22-24(13-34(26,27)28)18-9-15(2)5-7-20(18)32-22)12-23-25(14-35(29,30)31)19-10-16(3)6-8-21(19)33-23/h5-12H,4,13-14H2,1-3H3,(H-,26,27,28,29,30,31)/p+1. The molecule has 1 aliphatic rings. The third-order valence-corrected chi connectivity index (χ3v) is 6.55. The SMILES string of the molecule is CCC(=C\c1oc2ccc(C)cc2[n+]1CS(=O)(=O)O)/C=C1/Oc2ccc(C)cc2N1CS(=O)(=O)O. The molecule has 0 radical (unpaired) electrons. The zero-order valence-electron chi connectivity index (χ0n) is 19.3. The number of anilines is 1. The van der Waals surface area contributed by atoms with E-state index in [0.717, 1.165) is 11.1 Å². The number of nitrogens with zero attached hydrogens (tertiary/aromatic N) is 2. The number of allylic oxidation sites excluding steroid dienone is 2. The van der Waals surface area contributed by atoms with E-state index in [-0.39, 0.29) is 11.8 Å². The van der Waals surface area contributed by atoms with Crippen LogP contribution in [0.3, 0.4) is 0 Å². The maximum absolute atomic E-state index is 11.7. The molecule has 2 heterocycles. The molecular weight excluding hydrogens is 496 g/mol. The second-order valence-corrected chi connectivity index (χ2v) is 11.2. The van der Waals surface area contributed by atoms with E-state index in [1.54, 1.807) is 36.4 Å². The van der Waals surface area contributed by atoms with Gasteiger partial charge in [0, 0.05) is 12.1 Å². The number of ether oxygens (including phenoxy) is 1. The average Bonchev–Trinajstić information content (AvgIpc) is 3.23. The normalized spacial score (nSPS) is 15.6. The van der Waals surface area contributed by atoms with Crippen LogP contribution < -0.4 is 14.2 Å². The van der Waals surface area contributed by atoms with Gasteiger partial charge in [-0.1, -0.05) is 19.1 Å². The highest BCUT2D eigenvalue weighted by Crippen LogP contribution is 2.40. The van der Waals surface area contributed by atoms with Crippen LogP contribution in [0.25, 0.3) is 17.2 Å². The third kappa shape index (κ3) is 5.73. The molecule has 0 atom stereocenters. The van der Waals surface area contributed by atoms with Crippen molar-refractivity contribution in [2.75, 3.05) is 10.8 Å². The van der Waals surface area contributed by atoms with Gasteiger partial charge in [0.2, 0.25) is 11.5 Å². The zero-order chi connectivity index (χ0) is 25.5. The van der Waals surface area contributed by atoms with Crippen LogP contribution >= 0.6 is 0 Å². The summed E-state index contributed by atoms with van der Waals surface area (Å²) in [5.41, 5.74) is 3.79. The van der Waals surface area contributed by atoms with E-state index < -0.39 is 32.0 Å². The molecule has 1 aromatic heterocycles. The summed E-state index contributed by atoms with van der Waals surface area (Å²) in [6.07, 6.45) is 3.64. The van der Waals surface area contributed by atoms with Crippen molar-refractivity contribution >= 4 is 43.1 Å². The Hall–Kier alpha value is -3.19. The lowest BCUT2D eigenvalue weighted by Crippen LogP contribution is -2.39. The van der Waals surface area contributed by atoms with Gasteiger partial charge < -0.3 is 9.15 Å². The maximum atomic E-state index is 11.7. The molecule has 35 heavy (non-hydrogen) atoms. The van der Waals surface area contributed by atoms with Gasteiger partial charge in [-0.25, -0.2) is 0 Å². The van der Waals surface area contributed by atoms with Crippen molar-refractivity contribution in [2.24, 2.45) is 0 Å². The summed E-state index contributed by atoms with van der Waals surface area (Å²) in [4.78, 5) is 1.34. The zero-order valence-corrected chi connectivity index (χ0v) is 20.9. The molecule has 0 saturated carbocycles. The Kier molecular flexibility index (Phi) is 6.49. The van der Waals surface area contributed by atoms with Crippen molar-refractivity contribution in [3.05, 3.63) is 70.9 Å². The highest BCUT2D eigenvalue weighted by atomic mass is 32.2. The van der Waals surface area contributed by atoms with Crippen molar-refractivity contribution in [1.82, 2.24) is 0 Å². The second kappa shape index (κ2) is 9.11. The molecule has 12 heteroatoms. The Balaban J connectivity index is 1.83. The Morgan fingerprint density at radius 3 is 2.37 bits per heavy atom. The largest absolute Gasteiger partial charge is 0.439 e. The van der Waals surface area contributed by atoms with E-state index in [4.69, 9.17) is 9.15 Å². The number of rotatable bonds is 7. The molecule has 4 rings (SSSR count). The molecule has 1 aliphatic heterocycles. The van der Waals surface area contributed by atoms with Crippen LogP contribution in [0, 0.1) is 13.8 Å². The summed E-state index contributed by atoms with van der Waals surface area (Å²) in [6, 6.07) is 10.5. The summed E-state index contributed by atoms with van der Waals surface area (Å²) in [5, 5.41) is 0. The minimum atomic E-state index is -4.38. The van der Waals surface area contributed by atoms with E-state index in [9.17, 15) is 25.9 Å². The molecule has 0 saturated heterocycles. The number of aryl methyl sites for hydroxylation is 2. The van der Waals surface area contributed by atoms with Gasteiger partial charge in [-0.3, -0.25) is 14.0 Å². The Bertz CT molecular complexity index is 1580. The van der Waals surface area contributed by atoms with Crippen LogP contribution in [-0.4, -0.2) is 31.8 Å². The van der Waals surface area contributed by atoms with Crippen LogP contribution in [0.2, 0.25) is 0 Å². The second-order valence-electron chi connectivity index (χ2n) is 8.32. The van der Waals surface area contributed by atoms with Crippen LogP contribution in [0.5, 0.6) is 5.75 Å². The molecule has 186 valence electrons. The van der Waals surface area contributed by atoms with Gasteiger partial charge in [0.1, 0.15) is 0 Å². The lowest BCUT2D eigenvalue weighted by atomic mass is 10.2. The maximum Gasteiger partial charge on any atom is 0.375 e. The molecule has 2 N–H and O–H groups in total. The van der Waals surface area contributed by atoms with Crippen molar-refractivity contribution in [1.29, 1.82) is 0 Å². The number of hydrogen-bond donors (Lipinski definition) is 2. The number of aromatic nitrogens is 1. The molecular formula is C23H25N2O8S2+. The summed E-state index contributed by atoms with van der Waals surface area (Å²) < 4.78 is 78.9. The van der Waals surface area contributed by atoms with Gasteiger partial charge in [-0.2, -0.15) is 16.8 Å². The predicted octanol–water partition coefficient (Wildman–Crippen LogP) is 3.56. The van der Waals surface area contributed by atoms with Gasteiger partial charge in [-0.05, 0) is 55.2 Å². The minimum absolute atomic E-state index is 0.171. The lowest BCUT2D eigenvalue weighted by molar-refractivity contribution is -0.658. The first-order chi connectivity index (χ1) is 16.3. The molecule has 0 fully saturated rings. The smallest absolute Gasteiger partial charge is 0.375 e.